The van der Waals surface area contributed by atoms with Gasteiger partial charge in [0, 0.05) is 17.0 Å². The number of thiophene rings is 1. The number of carbonyl (C=O) groups excluding carboxylic acids is 1. The first-order valence-electron chi connectivity index (χ1n) is 5.11. The molecule has 0 radical (unpaired) electrons. The quantitative estimate of drug-likeness (QED) is 0.834. The van der Waals surface area contributed by atoms with E-state index in [0.29, 0.717) is 17.8 Å². The Kier molecular flexibility index (Phi) is 2.15. The number of hydrogen-bond donors (Lipinski definition) is 1. The Bertz CT molecular complexity index is 625. The third kappa shape index (κ3) is 1.50. The number of aromatic nitrogens is 4. The molecule has 0 aliphatic carbocycles. The summed E-state index contributed by atoms with van der Waals surface area (Å²) in [5.74, 6) is 0.541. The summed E-state index contributed by atoms with van der Waals surface area (Å²) in [5, 5.41) is 13.8. The molecule has 1 aliphatic rings. The van der Waals surface area contributed by atoms with Gasteiger partial charge in [-0.25, -0.2) is 0 Å². The Labute approximate surface area is 101 Å². The highest BCUT2D eigenvalue weighted by atomic mass is 32.1. The third-order valence-electron chi connectivity index (χ3n) is 2.60. The van der Waals surface area contributed by atoms with Gasteiger partial charge in [-0.1, -0.05) is 0 Å². The van der Waals surface area contributed by atoms with Crippen molar-refractivity contribution in [2.45, 2.75) is 20.3 Å². The summed E-state index contributed by atoms with van der Waals surface area (Å²) < 4.78 is 0. The first-order valence-corrected chi connectivity index (χ1v) is 5.93. The number of carbonyl (C=O) groups is 1. The number of H-pyrrole nitrogens is 1. The molecule has 0 saturated carbocycles. The Balaban J connectivity index is 2.28. The summed E-state index contributed by atoms with van der Waals surface area (Å²) in [5.41, 5.74) is 2.26. The van der Waals surface area contributed by atoms with Crippen LogP contribution in [0.25, 0.3) is 10.7 Å². The second kappa shape index (κ2) is 3.56. The molecule has 0 amide bonds. The van der Waals surface area contributed by atoms with E-state index in [-0.39, 0.29) is 5.78 Å². The first kappa shape index (κ1) is 10.3. The van der Waals surface area contributed by atoms with Gasteiger partial charge in [-0.15, -0.1) is 21.5 Å². The number of tetrazole rings is 1. The molecule has 7 heteroatoms. The maximum absolute atomic E-state index is 12.1. The average Bonchev–Trinajstić information content (AvgIpc) is 2.86. The van der Waals surface area contributed by atoms with E-state index in [1.54, 1.807) is 0 Å². The zero-order valence-electron chi connectivity index (χ0n) is 9.31. The van der Waals surface area contributed by atoms with Crippen LogP contribution in [-0.4, -0.2) is 32.1 Å². The van der Waals surface area contributed by atoms with Gasteiger partial charge in [-0.05, 0) is 19.1 Å². The minimum Gasteiger partial charge on any atom is -0.294 e. The topological polar surface area (TPSA) is 83.9 Å². The molecule has 0 atom stereocenters. The van der Waals surface area contributed by atoms with Crippen LogP contribution in [0.1, 0.15) is 28.6 Å². The molecule has 1 aliphatic heterocycles. The summed E-state index contributed by atoms with van der Waals surface area (Å²) in [4.78, 5) is 18.3. The van der Waals surface area contributed by atoms with Crippen LogP contribution in [0.4, 0.5) is 5.69 Å². The van der Waals surface area contributed by atoms with Crippen LogP contribution < -0.4 is 0 Å². The number of fused-ring (bicyclic) bond motifs is 1. The van der Waals surface area contributed by atoms with E-state index < -0.39 is 0 Å². The molecule has 0 bridgehead atoms. The summed E-state index contributed by atoms with van der Waals surface area (Å²) in [6, 6.07) is 0. The molecule has 0 spiro atoms. The molecule has 2 aromatic heterocycles. The predicted octanol–water partition coefficient (Wildman–Crippen LogP) is 1.92. The van der Waals surface area contributed by atoms with E-state index in [1.807, 2.05) is 13.8 Å². The highest BCUT2D eigenvalue weighted by molar-refractivity contribution is 7.16. The molecular formula is C10H9N5OS. The minimum atomic E-state index is 0.0802. The Morgan fingerprint density at radius 1 is 1.35 bits per heavy atom. The van der Waals surface area contributed by atoms with Gasteiger partial charge in [0.05, 0.1) is 16.1 Å². The molecule has 0 fully saturated rings. The molecule has 0 unspecified atom stereocenters. The van der Waals surface area contributed by atoms with Crippen molar-refractivity contribution in [2.24, 2.45) is 4.99 Å². The highest BCUT2D eigenvalue weighted by Gasteiger charge is 2.28. The fraction of sp³-hybridized carbons (Fsp3) is 0.300. The zero-order chi connectivity index (χ0) is 12.0. The first-order chi connectivity index (χ1) is 8.16. The summed E-state index contributed by atoms with van der Waals surface area (Å²) in [6.45, 7) is 3.81. The van der Waals surface area contributed by atoms with Crippen molar-refractivity contribution in [3.05, 3.63) is 10.4 Å². The highest BCUT2D eigenvalue weighted by Crippen LogP contribution is 2.42. The van der Waals surface area contributed by atoms with Gasteiger partial charge in [0.1, 0.15) is 0 Å². The largest absolute Gasteiger partial charge is 0.294 e. The summed E-state index contributed by atoms with van der Waals surface area (Å²) in [7, 11) is 0. The molecule has 17 heavy (non-hydrogen) atoms. The molecule has 3 heterocycles. The van der Waals surface area contributed by atoms with E-state index in [2.05, 4.69) is 25.6 Å². The second-order valence-corrected chi connectivity index (χ2v) is 5.12. The van der Waals surface area contributed by atoms with Crippen LogP contribution in [0.15, 0.2) is 4.99 Å². The molecule has 86 valence electrons. The standard InChI is InChI=1S/C10H9N5OS/c1-4-3-6(16)7-8(11-4)5(2)17-9(7)10-12-14-15-13-10/h3H2,1-2H3,(H,12,13,14,15). The normalized spacial score (nSPS) is 14.7. The molecular weight excluding hydrogens is 238 g/mol. The molecule has 0 aromatic carbocycles. The van der Waals surface area contributed by atoms with Crippen molar-refractivity contribution in [1.82, 2.24) is 20.6 Å². The smallest absolute Gasteiger partial charge is 0.215 e. The van der Waals surface area contributed by atoms with E-state index >= 15 is 0 Å². The Morgan fingerprint density at radius 2 is 2.18 bits per heavy atom. The fourth-order valence-electron chi connectivity index (χ4n) is 1.90. The van der Waals surface area contributed by atoms with Crippen molar-refractivity contribution >= 4 is 28.5 Å². The van der Waals surface area contributed by atoms with Gasteiger partial charge in [0.15, 0.2) is 5.78 Å². The number of nitrogens with one attached hydrogen (secondary N) is 1. The van der Waals surface area contributed by atoms with Crippen molar-refractivity contribution in [3.63, 3.8) is 0 Å². The van der Waals surface area contributed by atoms with E-state index in [4.69, 9.17) is 0 Å². The van der Waals surface area contributed by atoms with Gasteiger partial charge in [-0.2, -0.15) is 5.21 Å². The number of Topliss-reactive ketones (excluding diaryl/α,β-unsaturated/α-hetero) is 1. The van der Waals surface area contributed by atoms with Crippen LogP contribution in [0.2, 0.25) is 0 Å². The SMILES string of the molecule is CC1=Nc2c(C)sc(-c3nn[nH]n3)c2C(=O)C1. The second-order valence-electron chi connectivity index (χ2n) is 3.89. The number of hydrogen-bond acceptors (Lipinski definition) is 6. The minimum absolute atomic E-state index is 0.0802. The van der Waals surface area contributed by atoms with Crippen LogP contribution >= 0.6 is 11.3 Å². The monoisotopic (exact) mass is 247 g/mol. The van der Waals surface area contributed by atoms with E-state index in [9.17, 15) is 4.79 Å². The number of rotatable bonds is 1. The summed E-state index contributed by atoms with van der Waals surface area (Å²) >= 11 is 1.48. The number of aromatic amines is 1. The molecule has 1 N–H and O–H groups in total. The molecule has 6 nitrogen and oxygen atoms in total. The Hall–Kier alpha value is -1.89. The lowest BCUT2D eigenvalue weighted by Gasteiger charge is -2.09. The maximum Gasteiger partial charge on any atom is 0.215 e. The lowest BCUT2D eigenvalue weighted by molar-refractivity contribution is 0.100. The van der Waals surface area contributed by atoms with Crippen LogP contribution in [0, 0.1) is 6.92 Å². The van der Waals surface area contributed by atoms with Crippen LogP contribution in [-0.2, 0) is 0 Å². The van der Waals surface area contributed by atoms with Crippen LogP contribution in [0.5, 0.6) is 0 Å². The van der Waals surface area contributed by atoms with E-state index in [1.165, 1.54) is 11.3 Å². The predicted molar refractivity (Wildman–Crippen MR) is 63.9 cm³/mol. The third-order valence-corrected chi connectivity index (χ3v) is 3.69. The van der Waals surface area contributed by atoms with Crippen molar-refractivity contribution < 1.29 is 4.79 Å². The average molecular weight is 247 g/mol. The van der Waals surface area contributed by atoms with Gasteiger partial charge in [0.25, 0.3) is 0 Å². The Morgan fingerprint density at radius 3 is 2.88 bits per heavy atom. The summed E-state index contributed by atoms with van der Waals surface area (Å²) in [6.07, 6.45) is 0.369. The van der Waals surface area contributed by atoms with Gasteiger partial charge in [0.2, 0.25) is 5.82 Å². The zero-order valence-corrected chi connectivity index (χ0v) is 10.1. The molecule has 2 aromatic rings. The fourth-order valence-corrected chi connectivity index (χ4v) is 2.94. The molecule has 3 rings (SSSR count). The number of ketones is 1. The van der Waals surface area contributed by atoms with Crippen molar-refractivity contribution in [1.29, 1.82) is 0 Å². The van der Waals surface area contributed by atoms with Crippen molar-refractivity contribution in [2.75, 3.05) is 0 Å². The van der Waals surface area contributed by atoms with Crippen molar-refractivity contribution in [3.8, 4) is 10.7 Å². The lowest BCUT2D eigenvalue weighted by atomic mass is 10.0. The maximum atomic E-state index is 12.1. The number of aryl methyl sites for hydroxylation is 1. The van der Waals surface area contributed by atoms with Crippen LogP contribution in [0.3, 0.4) is 0 Å². The van der Waals surface area contributed by atoms with Gasteiger partial charge in [-0.3, -0.25) is 9.79 Å². The van der Waals surface area contributed by atoms with Gasteiger partial charge < -0.3 is 0 Å². The van der Waals surface area contributed by atoms with E-state index in [0.717, 1.165) is 21.2 Å². The number of aliphatic imine (C=N–C) groups is 1. The molecule has 0 saturated heterocycles. The lowest BCUT2D eigenvalue weighted by Crippen LogP contribution is -2.10. The van der Waals surface area contributed by atoms with Gasteiger partial charge >= 0.3 is 0 Å². The number of nitrogens with zero attached hydrogens (tertiary/aromatic N) is 4.